The van der Waals surface area contributed by atoms with Gasteiger partial charge in [0.15, 0.2) is 0 Å². The normalized spacial score (nSPS) is 18.6. The largest absolute Gasteiger partial charge is 0.411 e. The van der Waals surface area contributed by atoms with E-state index in [0.29, 0.717) is 28.8 Å². The van der Waals surface area contributed by atoms with Crippen LogP contribution in [0.1, 0.15) is 47.0 Å². The molecule has 0 aromatic carbocycles. The molecule has 177 valence electrons. The molecule has 10 heteroatoms. The fraction of sp³-hybridized carbons (Fsp3) is 0.429. The molecule has 1 aromatic heterocycles. The second-order valence-corrected chi connectivity index (χ2v) is 6.36. The van der Waals surface area contributed by atoms with Gasteiger partial charge in [0.1, 0.15) is 22.8 Å². The zero-order valence-electron chi connectivity index (χ0n) is 18.5. The molecule has 4 N–H and O–H groups in total. The average Bonchev–Trinajstić information content (AvgIpc) is 3.24. The first-order valence-electron chi connectivity index (χ1n) is 9.34. The Kier molecular flexibility index (Phi) is 23.3. The van der Waals surface area contributed by atoms with Gasteiger partial charge in [0.25, 0.3) is 0 Å². The molecule has 0 aliphatic heterocycles. The Labute approximate surface area is 195 Å². The minimum Gasteiger partial charge on any atom is -0.411 e. The molecule has 9 nitrogen and oxygen atoms in total. The maximum atomic E-state index is 8.03. The van der Waals surface area contributed by atoms with Crippen molar-refractivity contribution in [1.82, 2.24) is 4.98 Å². The van der Waals surface area contributed by atoms with Crippen molar-refractivity contribution >= 4 is 22.8 Å². The van der Waals surface area contributed by atoms with Gasteiger partial charge in [-0.05, 0) is 52.2 Å². The SMILES string of the molecule is C=C[C@@H]1CCC[C@H]1[CH2-].CC(=N\O)/C(C)=N/O.CC(=N\O)/C(C)=N/O.[Co].c1ccncc1. The number of aromatic nitrogens is 1. The Hall–Kier alpha value is -2.72. The van der Waals surface area contributed by atoms with Crippen LogP contribution in [0, 0.1) is 18.8 Å². The Balaban J connectivity index is -0.000000335. The van der Waals surface area contributed by atoms with Gasteiger partial charge >= 0.3 is 0 Å². The van der Waals surface area contributed by atoms with E-state index in [-0.39, 0.29) is 16.8 Å². The van der Waals surface area contributed by atoms with Crippen LogP contribution in [-0.2, 0) is 16.8 Å². The van der Waals surface area contributed by atoms with Crippen molar-refractivity contribution in [2.75, 3.05) is 0 Å². The summed E-state index contributed by atoms with van der Waals surface area (Å²) >= 11 is 0. The van der Waals surface area contributed by atoms with Crippen molar-refractivity contribution < 1.29 is 37.6 Å². The first-order valence-corrected chi connectivity index (χ1v) is 9.34. The van der Waals surface area contributed by atoms with Gasteiger partial charge < -0.3 is 27.8 Å². The summed E-state index contributed by atoms with van der Waals surface area (Å²) in [7, 11) is 0. The first-order chi connectivity index (χ1) is 14.3. The van der Waals surface area contributed by atoms with E-state index >= 15 is 0 Å². The summed E-state index contributed by atoms with van der Waals surface area (Å²) in [5.74, 6) is 1.38. The van der Waals surface area contributed by atoms with E-state index in [1.807, 2.05) is 24.3 Å². The van der Waals surface area contributed by atoms with Crippen molar-refractivity contribution in [3.05, 3.63) is 50.2 Å². The second kappa shape index (κ2) is 22.0. The molecule has 1 heterocycles. The van der Waals surface area contributed by atoms with Gasteiger partial charge in [0.05, 0.1) is 0 Å². The summed E-state index contributed by atoms with van der Waals surface area (Å²) in [5.41, 5.74) is 1.25. The predicted molar refractivity (Wildman–Crippen MR) is 120 cm³/mol. The van der Waals surface area contributed by atoms with E-state index < -0.39 is 0 Å². The van der Waals surface area contributed by atoms with Gasteiger partial charge in [-0.2, -0.15) is 5.92 Å². The average molecular weight is 479 g/mol. The molecule has 0 unspecified atom stereocenters. The molecule has 1 radical (unpaired) electrons. The number of pyridine rings is 1. The summed E-state index contributed by atoms with van der Waals surface area (Å²) in [6.07, 6.45) is 9.52. The molecule has 2 rings (SSSR count). The fourth-order valence-corrected chi connectivity index (χ4v) is 1.98. The Bertz CT molecular complexity index is 604. The first kappa shape index (κ1) is 32.9. The number of hydrogen-bond donors (Lipinski definition) is 4. The van der Waals surface area contributed by atoms with E-state index in [9.17, 15) is 0 Å². The molecule has 1 aliphatic rings. The summed E-state index contributed by atoms with van der Waals surface area (Å²) < 4.78 is 0. The molecule has 1 saturated carbocycles. The van der Waals surface area contributed by atoms with Crippen LogP contribution in [0.15, 0.2) is 63.9 Å². The van der Waals surface area contributed by atoms with Crippen LogP contribution in [0.2, 0.25) is 0 Å². The second-order valence-electron chi connectivity index (χ2n) is 6.36. The standard InChI is InChI=1S/C8H13.C5H5N.2C4H8N2O2.Co/c1-3-8-6-4-5-7(8)2;1-2-4-6-5-3-1;2*1-3(5-7)4(2)6-8;/h3,7-8H,1-2,4-6H2;1-5H;2*7-8H,1-2H3;/q-1;;;;/b;;2*5-3+,6-4+;/t7-,8-;;;;/m1..../s1. The minimum absolute atomic E-state index is 0. The van der Waals surface area contributed by atoms with Crippen LogP contribution in [0.5, 0.6) is 0 Å². The number of rotatable bonds is 3. The molecule has 31 heavy (non-hydrogen) atoms. The molecule has 0 amide bonds. The van der Waals surface area contributed by atoms with E-state index in [2.05, 4.69) is 39.1 Å². The van der Waals surface area contributed by atoms with Crippen molar-refractivity contribution in [3.8, 4) is 0 Å². The van der Waals surface area contributed by atoms with Crippen LogP contribution in [0.3, 0.4) is 0 Å². The summed E-state index contributed by atoms with van der Waals surface area (Å²) in [6.45, 7) is 13.9. The molecule has 2 atom stereocenters. The fourth-order valence-electron chi connectivity index (χ4n) is 1.98. The minimum atomic E-state index is 0. The number of allylic oxidation sites excluding steroid dienone is 1. The summed E-state index contributed by atoms with van der Waals surface area (Å²) in [5, 5.41) is 43.3. The third-order valence-corrected chi connectivity index (χ3v) is 4.23. The molecule has 1 fully saturated rings. The quantitative estimate of drug-likeness (QED) is 0.161. The van der Waals surface area contributed by atoms with Gasteiger partial charge in [-0.3, -0.25) is 4.98 Å². The third-order valence-electron chi connectivity index (χ3n) is 4.23. The number of oxime groups is 4. The molecule has 0 bridgehead atoms. The van der Waals surface area contributed by atoms with E-state index in [4.69, 9.17) is 20.8 Å². The van der Waals surface area contributed by atoms with Crippen LogP contribution < -0.4 is 0 Å². The summed E-state index contributed by atoms with van der Waals surface area (Å²) in [6, 6.07) is 5.72. The molecule has 0 saturated heterocycles. The van der Waals surface area contributed by atoms with Crippen molar-refractivity contribution in [2.45, 2.75) is 47.0 Å². The van der Waals surface area contributed by atoms with Crippen molar-refractivity contribution in [3.63, 3.8) is 0 Å². The Morgan fingerprint density at radius 2 is 1.23 bits per heavy atom. The molecular weight excluding hydrogens is 445 g/mol. The van der Waals surface area contributed by atoms with E-state index in [1.54, 1.807) is 12.4 Å². The van der Waals surface area contributed by atoms with Gasteiger partial charge in [-0.25, -0.2) is 0 Å². The molecule has 0 spiro atoms. The number of hydrogen-bond acceptors (Lipinski definition) is 9. The van der Waals surface area contributed by atoms with Crippen LogP contribution in [0.25, 0.3) is 0 Å². The smallest absolute Gasteiger partial charge is 0.101 e. The Morgan fingerprint density at radius 3 is 1.35 bits per heavy atom. The van der Waals surface area contributed by atoms with Crippen molar-refractivity contribution in [2.24, 2.45) is 32.5 Å². The van der Waals surface area contributed by atoms with Gasteiger partial charge in [-0.1, -0.05) is 45.6 Å². The van der Waals surface area contributed by atoms with E-state index in [0.717, 1.165) is 5.92 Å². The summed E-state index contributed by atoms with van der Waals surface area (Å²) in [4.78, 5) is 3.78. The van der Waals surface area contributed by atoms with Crippen LogP contribution in [0.4, 0.5) is 0 Å². The zero-order chi connectivity index (χ0) is 23.4. The zero-order valence-corrected chi connectivity index (χ0v) is 19.6. The van der Waals surface area contributed by atoms with Crippen LogP contribution in [-0.4, -0.2) is 48.7 Å². The molecule has 1 aliphatic carbocycles. The third kappa shape index (κ3) is 17.8. The topological polar surface area (TPSA) is 143 Å². The predicted octanol–water partition coefficient (Wildman–Crippen LogP) is 4.88. The van der Waals surface area contributed by atoms with Gasteiger partial charge in [-0.15, -0.1) is 6.58 Å². The monoisotopic (exact) mass is 479 g/mol. The number of nitrogens with zero attached hydrogens (tertiary/aromatic N) is 5. The maximum Gasteiger partial charge on any atom is 0.101 e. The van der Waals surface area contributed by atoms with E-state index in [1.165, 1.54) is 47.0 Å². The Morgan fingerprint density at radius 1 is 0.839 bits per heavy atom. The molecule has 1 aromatic rings. The van der Waals surface area contributed by atoms with Gasteiger partial charge in [0.2, 0.25) is 0 Å². The maximum absolute atomic E-state index is 8.03. The molecular formula is C21H34CoN5O4-. The van der Waals surface area contributed by atoms with Crippen LogP contribution >= 0.6 is 0 Å². The van der Waals surface area contributed by atoms with Gasteiger partial charge in [0, 0.05) is 29.2 Å². The van der Waals surface area contributed by atoms with Crippen molar-refractivity contribution in [1.29, 1.82) is 0 Å².